The van der Waals surface area contributed by atoms with Gasteiger partial charge in [0.2, 0.25) is 0 Å². The predicted octanol–water partition coefficient (Wildman–Crippen LogP) is 2.96. The number of fused-ring (bicyclic) bond motifs is 1. The van der Waals surface area contributed by atoms with Crippen molar-refractivity contribution < 1.29 is 13.9 Å². The van der Waals surface area contributed by atoms with Crippen molar-refractivity contribution in [2.24, 2.45) is 0 Å². The molecular formula is C20H19FN4O2. The highest BCUT2D eigenvalue weighted by Crippen LogP contribution is 2.18. The molecule has 27 heavy (non-hydrogen) atoms. The van der Waals surface area contributed by atoms with Crippen molar-refractivity contribution in [3.8, 4) is 5.75 Å². The summed E-state index contributed by atoms with van der Waals surface area (Å²) in [5.41, 5.74) is 2.97. The summed E-state index contributed by atoms with van der Waals surface area (Å²) in [6.45, 7) is 3.78. The van der Waals surface area contributed by atoms with Gasteiger partial charge in [-0.15, -0.1) is 0 Å². The Balaban J connectivity index is 1.43. The van der Waals surface area contributed by atoms with Crippen molar-refractivity contribution in [1.82, 2.24) is 19.7 Å². The number of hydrogen-bond donors (Lipinski definition) is 0. The molecule has 7 heteroatoms. The third-order valence-electron chi connectivity index (χ3n) is 4.43. The zero-order valence-corrected chi connectivity index (χ0v) is 14.9. The molecule has 138 valence electrons. The van der Waals surface area contributed by atoms with Gasteiger partial charge in [0.05, 0.1) is 18.8 Å². The van der Waals surface area contributed by atoms with Crippen LogP contribution in [0.5, 0.6) is 5.75 Å². The Morgan fingerprint density at radius 2 is 2.04 bits per heavy atom. The summed E-state index contributed by atoms with van der Waals surface area (Å²) in [5, 5.41) is 4.51. The lowest BCUT2D eigenvalue weighted by Crippen LogP contribution is -2.38. The molecule has 0 fully saturated rings. The first kappa shape index (κ1) is 17.2. The summed E-state index contributed by atoms with van der Waals surface area (Å²) >= 11 is 0. The summed E-state index contributed by atoms with van der Waals surface area (Å²) in [5.74, 6) is 0.0440. The average molecular weight is 366 g/mol. The molecule has 0 atom stereocenters. The van der Waals surface area contributed by atoms with Gasteiger partial charge in [-0.3, -0.25) is 9.48 Å². The van der Waals surface area contributed by atoms with E-state index in [9.17, 15) is 9.18 Å². The standard InChI is InChI=1S/C20H19FN4O2/c1-14-4-2-7-19(22-14)20(26)24-8-9-25-17(12-24)11-16(23-25)13-27-18-6-3-5-15(21)10-18/h2-7,10-11H,8-9,12-13H2,1H3. The molecule has 1 amide bonds. The Hall–Kier alpha value is -3.22. The molecule has 1 aliphatic heterocycles. The number of ether oxygens (including phenoxy) is 1. The van der Waals surface area contributed by atoms with Crippen LogP contribution in [0.4, 0.5) is 4.39 Å². The minimum absolute atomic E-state index is 0.0799. The molecule has 0 radical (unpaired) electrons. The van der Waals surface area contributed by atoms with Crippen LogP contribution in [0, 0.1) is 12.7 Å². The lowest BCUT2D eigenvalue weighted by Gasteiger charge is -2.27. The Morgan fingerprint density at radius 1 is 1.19 bits per heavy atom. The highest BCUT2D eigenvalue weighted by molar-refractivity contribution is 5.92. The fourth-order valence-corrected chi connectivity index (χ4v) is 3.11. The first-order valence-corrected chi connectivity index (χ1v) is 8.75. The second-order valence-corrected chi connectivity index (χ2v) is 6.49. The maximum Gasteiger partial charge on any atom is 0.272 e. The predicted molar refractivity (Wildman–Crippen MR) is 96.7 cm³/mol. The second kappa shape index (κ2) is 7.19. The van der Waals surface area contributed by atoms with Gasteiger partial charge < -0.3 is 9.64 Å². The van der Waals surface area contributed by atoms with Crippen molar-refractivity contribution in [2.75, 3.05) is 6.54 Å². The number of halogens is 1. The molecule has 4 rings (SSSR count). The van der Waals surface area contributed by atoms with Gasteiger partial charge in [0.25, 0.3) is 5.91 Å². The van der Waals surface area contributed by atoms with E-state index in [1.807, 2.05) is 29.8 Å². The molecular weight excluding hydrogens is 347 g/mol. The van der Waals surface area contributed by atoms with E-state index in [1.165, 1.54) is 12.1 Å². The molecule has 3 aromatic rings. The molecule has 0 unspecified atom stereocenters. The fourth-order valence-electron chi connectivity index (χ4n) is 3.11. The van der Waals surface area contributed by atoms with Crippen LogP contribution in [0.2, 0.25) is 0 Å². The van der Waals surface area contributed by atoms with E-state index in [1.54, 1.807) is 23.1 Å². The normalized spacial score (nSPS) is 13.3. The summed E-state index contributed by atoms with van der Waals surface area (Å²) in [6.07, 6.45) is 0. The van der Waals surface area contributed by atoms with E-state index in [0.29, 0.717) is 31.1 Å². The average Bonchev–Trinajstić information content (AvgIpc) is 3.08. The molecule has 0 saturated heterocycles. The highest BCUT2D eigenvalue weighted by Gasteiger charge is 2.24. The lowest BCUT2D eigenvalue weighted by molar-refractivity contribution is 0.0699. The minimum Gasteiger partial charge on any atom is -0.487 e. The van der Waals surface area contributed by atoms with Crippen molar-refractivity contribution >= 4 is 5.91 Å². The number of amides is 1. The Kier molecular flexibility index (Phi) is 4.58. The van der Waals surface area contributed by atoms with Gasteiger partial charge in [-0.2, -0.15) is 5.10 Å². The zero-order valence-electron chi connectivity index (χ0n) is 14.9. The van der Waals surface area contributed by atoms with E-state index in [4.69, 9.17) is 4.74 Å². The van der Waals surface area contributed by atoms with Crippen LogP contribution in [0.3, 0.4) is 0 Å². The van der Waals surface area contributed by atoms with Crippen molar-refractivity contribution in [3.63, 3.8) is 0 Å². The van der Waals surface area contributed by atoms with E-state index >= 15 is 0 Å². The topological polar surface area (TPSA) is 60.2 Å². The maximum absolute atomic E-state index is 13.2. The van der Waals surface area contributed by atoms with Crippen LogP contribution in [0.1, 0.15) is 27.6 Å². The first-order chi connectivity index (χ1) is 13.1. The molecule has 1 aromatic carbocycles. The summed E-state index contributed by atoms with van der Waals surface area (Å²) in [4.78, 5) is 18.8. The Bertz CT molecular complexity index is 986. The van der Waals surface area contributed by atoms with E-state index in [2.05, 4.69) is 10.1 Å². The number of aromatic nitrogens is 3. The Morgan fingerprint density at radius 3 is 2.85 bits per heavy atom. The van der Waals surface area contributed by atoms with Crippen molar-refractivity contribution in [1.29, 1.82) is 0 Å². The summed E-state index contributed by atoms with van der Waals surface area (Å²) < 4.78 is 20.7. The van der Waals surface area contributed by atoms with Gasteiger partial charge in [-0.05, 0) is 37.3 Å². The third-order valence-corrected chi connectivity index (χ3v) is 4.43. The highest BCUT2D eigenvalue weighted by atomic mass is 19.1. The number of carbonyl (C=O) groups is 1. The smallest absolute Gasteiger partial charge is 0.272 e. The van der Waals surface area contributed by atoms with Crippen LogP contribution in [0.15, 0.2) is 48.5 Å². The maximum atomic E-state index is 13.2. The van der Waals surface area contributed by atoms with Crippen LogP contribution in [-0.2, 0) is 19.7 Å². The largest absolute Gasteiger partial charge is 0.487 e. The van der Waals surface area contributed by atoms with E-state index in [-0.39, 0.29) is 18.3 Å². The van der Waals surface area contributed by atoms with Gasteiger partial charge in [0, 0.05) is 18.3 Å². The van der Waals surface area contributed by atoms with Crippen molar-refractivity contribution in [2.45, 2.75) is 26.6 Å². The molecule has 1 aliphatic rings. The summed E-state index contributed by atoms with van der Waals surface area (Å²) in [7, 11) is 0. The van der Waals surface area contributed by atoms with Gasteiger partial charge in [-0.25, -0.2) is 9.37 Å². The van der Waals surface area contributed by atoms with E-state index in [0.717, 1.165) is 17.1 Å². The molecule has 0 spiro atoms. The van der Waals surface area contributed by atoms with Crippen LogP contribution in [-0.4, -0.2) is 32.1 Å². The summed E-state index contributed by atoms with van der Waals surface area (Å²) in [6, 6.07) is 13.4. The van der Waals surface area contributed by atoms with Crippen LogP contribution < -0.4 is 4.74 Å². The molecule has 0 saturated carbocycles. The van der Waals surface area contributed by atoms with Gasteiger partial charge in [0.1, 0.15) is 29.6 Å². The van der Waals surface area contributed by atoms with Crippen molar-refractivity contribution in [3.05, 3.63) is 77.1 Å². The number of hydrogen-bond acceptors (Lipinski definition) is 4. The SMILES string of the molecule is Cc1cccc(C(=O)N2CCn3nc(COc4cccc(F)c4)cc3C2)n1. The van der Waals surface area contributed by atoms with Gasteiger partial charge >= 0.3 is 0 Å². The number of pyridine rings is 1. The first-order valence-electron chi connectivity index (χ1n) is 8.75. The molecule has 3 heterocycles. The number of rotatable bonds is 4. The number of aryl methyl sites for hydroxylation is 1. The van der Waals surface area contributed by atoms with Crippen LogP contribution >= 0.6 is 0 Å². The molecule has 0 N–H and O–H groups in total. The fraction of sp³-hybridized carbons (Fsp3) is 0.250. The monoisotopic (exact) mass is 366 g/mol. The third kappa shape index (κ3) is 3.81. The quantitative estimate of drug-likeness (QED) is 0.712. The second-order valence-electron chi connectivity index (χ2n) is 6.49. The lowest BCUT2D eigenvalue weighted by atomic mass is 10.2. The molecule has 0 bridgehead atoms. The molecule has 6 nitrogen and oxygen atoms in total. The molecule has 0 aliphatic carbocycles. The zero-order chi connectivity index (χ0) is 18.8. The van der Waals surface area contributed by atoms with Gasteiger partial charge in [-0.1, -0.05) is 12.1 Å². The van der Waals surface area contributed by atoms with Crippen LogP contribution in [0.25, 0.3) is 0 Å². The van der Waals surface area contributed by atoms with Gasteiger partial charge in [0.15, 0.2) is 0 Å². The number of carbonyl (C=O) groups excluding carboxylic acids is 1. The number of nitrogens with zero attached hydrogens (tertiary/aromatic N) is 4. The van der Waals surface area contributed by atoms with E-state index < -0.39 is 0 Å². The minimum atomic E-state index is -0.337. The molecule has 2 aromatic heterocycles. The number of benzene rings is 1. The Labute approximate surface area is 156 Å².